The summed E-state index contributed by atoms with van der Waals surface area (Å²) < 4.78 is 27.7. The molecule has 1 amide bonds. The molecule has 0 aliphatic rings. The third-order valence-electron chi connectivity index (χ3n) is 2.50. The second-order valence-electron chi connectivity index (χ2n) is 4.10. The Labute approximate surface area is 113 Å². The van der Waals surface area contributed by atoms with E-state index in [4.69, 9.17) is 4.74 Å². The standard InChI is InChI=1S/C13H19NO4S/c1-3-18-10-4-9-14-13(15)11-5-7-12(8-6-11)19(2,16)17/h5-8H,3-4,9-10H2,1-2H3,(H,14,15). The van der Waals surface area contributed by atoms with Crippen LogP contribution in [0, 0.1) is 0 Å². The molecule has 5 nitrogen and oxygen atoms in total. The minimum Gasteiger partial charge on any atom is -0.382 e. The van der Waals surface area contributed by atoms with Crippen molar-refractivity contribution in [2.24, 2.45) is 0 Å². The third-order valence-corrected chi connectivity index (χ3v) is 3.63. The molecule has 1 aromatic rings. The molecule has 0 bridgehead atoms. The normalized spacial score (nSPS) is 11.3. The number of hydrogen-bond donors (Lipinski definition) is 1. The average Bonchev–Trinajstić information content (AvgIpc) is 2.37. The van der Waals surface area contributed by atoms with Gasteiger partial charge in [-0.3, -0.25) is 4.79 Å². The number of ether oxygens (including phenoxy) is 1. The van der Waals surface area contributed by atoms with Crippen molar-refractivity contribution in [2.75, 3.05) is 26.0 Å². The first-order valence-electron chi connectivity index (χ1n) is 6.11. The number of nitrogens with one attached hydrogen (secondary N) is 1. The highest BCUT2D eigenvalue weighted by atomic mass is 32.2. The summed E-state index contributed by atoms with van der Waals surface area (Å²) >= 11 is 0. The smallest absolute Gasteiger partial charge is 0.251 e. The van der Waals surface area contributed by atoms with Crippen LogP contribution >= 0.6 is 0 Å². The fourth-order valence-corrected chi connectivity index (χ4v) is 2.11. The van der Waals surface area contributed by atoms with E-state index in [0.717, 1.165) is 12.7 Å². The lowest BCUT2D eigenvalue weighted by atomic mass is 10.2. The van der Waals surface area contributed by atoms with Crippen molar-refractivity contribution in [2.45, 2.75) is 18.2 Å². The highest BCUT2D eigenvalue weighted by molar-refractivity contribution is 7.90. The second kappa shape index (κ2) is 7.25. The molecule has 0 aliphatic carbocycles. The van der Waals surface area contributed by atoms with Gasteiger partial charge in [0.15, 0.2) is 9.84 Å². The van der Waals surface area contributed by atoms with Gasteiger partial charge < -0.3 is 10.1 Å². The van der Waals surface area contributed by atoms with Gasteiger partial charge in [-0.25, -0.2) is 8.42 Å². The van der Waals surface area contributed by atoms with Crippen molar-refractivity contribution >= 4 is 15.7 Å². The summed E-state index contributed by atoms with van der Waals surface area (Å²) in [4.78, 5) is 11.9. The van der Waals surface area contributed by atoms with E-state index >= 15 is 0 Å². The number of carbonyl (C=O) groups is 1. The molecule has 0 unspecified atom stereocenters. The number of sulfone groups is 1. The summed E-state index contributed by atoms with van der Waals surface area (Å²) in [6.07, 6.45) is 1.89. The van der Waals surface area contributed by atoms with E-state index in [9.17, 15) is 13.2 Å². The molecule has 0 spiro atoms. The van der Waals surface area contributed by atoms with E-state index in [-0.39, 0.29) is 10.8 Å². The average molecular weight is 285 g/mol. The zero-order valence-electron chi connectivity index (χ0n) is 11.2. The highest BCUT2D eigenvalue weighted by Crippen LogP contribution is 2.10. The van der Waals surface area contributed by atoms with Crippen molar-refractivity contribution in [1.29, 1.82) is 0 Å². The molecule has 0 aliphatic heterocycles. The molecule has 6 heteroatoms. The van der Waals surface area contributed by atoms with E-state index in [0.29, 0.717) is 25.3 Å². The Morgan fingerprint density at radius 1 is 1.26 bits per heavy atom. The van der Waals surface area contributed by atoms with E-state index < -0.39 is 9.84 Å². The third kappa shape index (κ3) is 5.40. The lowest BCUT2D eigenvalue weighted by Crippen LogP contribution is -2.25. The van der Waals surface area contributed by atoms with E-state index in [1.165, 1.54) is 24.3 Å². The number of hydrogen-bond acceptors (Lipinski definition) is 4. The summed E-state index contributed by atoms with van der Waals surface area (Å²) in [5, 5.41) is 2.75. The first kappa shape index (κ1) is 15.7. The molecule has 0 aromatic heterocycles. The summed E-state index contributed by atoms with van der Waals surface area (Å²) in [6, 6.07) is 5.89. The van der Waals surface area contributed by atoms with Gasteiger partial charge in [-0.2, -0.15) is 0 Å². The minimum atomic E-state index is -3.22. The van der Waals surface area contributed by atoms with Crippen LogP contribution in [0.4, 0.5) is 0 Å². The van der Waals surface area contributed by atoms with Gasteiger partial charge in [-0.15, -0.1) is 0 Å². The van der Waals surface area contributed by atoms with Gasteiger partial charge in [-0.05, 0) is 37.6 Å². The maximum absolute atomic E-state index is 11.7. The molecular formula is C13H19NO4S. The van der Waals surface area contributed by atoms with Crippen molar-refractivity contribution in [3.05, 3.63) is 29.8 Å². The molecule has 0 fully saturated rings. The number of amides is 1. The molecule has 19 heavy (non-hydrogen) atoms. The molecule has 1 rings (SSSR count). The van der Waals surface area contributed by atoms with E-state index in [2.05, 4.69) is 5.32 Å². The van der Waals surface area contributed by atoms with Crippen LogP contribution in [-0.2, 0) is 14.6 Å². The Morgan fingerprint density at radius 3 is 2.42 bits per heavy atom. The van der Waals surface area contributed by atoms with Crippen LogP contribution in [0.1, 0.15) is 23.7 Å². The van der Waals surface area contributed by atoms with Crippen LogP contribution in [-0.4, -0.2) is 40.3 Å². The van der Waals surface area contributed by atoms with Crippen molar-refractivity contribution < 1.29 is 17.9 Å². The van der Waals surface area contributed by atoms with Gasteiger partial charge in [-0.1, -0.05) is 0 Å². The molecule has 0 saturated heterocycles. The number of rotatable bonds is 7. The first-order valence-corrected chi connectivity index (χ1v) is 8.00. The van der Waals surface area contributed by atoms with Gasteiger partial charge in [0.2, 0.25) is 0 Å². The van der Waals surface area contributed by atoms with Gasteiger partial charge >= 0.3 is 0 Å². The molecule has 0 atom stereocenters. The molecule has 0 radical (unpaired) electrons. The molecule has 1 N–H and O–H groups in total. The highest BCUT2D eigenvalue weighted by Gasteiger charge is 2.09. The molecule has 0 heterocycles. The largest absolute Gasteiger partial charge is 0.382 e. The topological polar surface area (TPSA) is 72.5 Å². The van der Waals surface area contributed by atoms with Crippen LogP contribution < -0.4 is 5.32 Å². The molecule has 106 valence electrons. The maximum Gasteiger partial charge on any atom is 0.251 e. The van der Waals surface area contributed by atoms with Crippen molar-refractivity contribution in [3.8, 4) is 0 Å². The lowest BCUT2D eigenvalue weighted by molar-refractivity contribution is 0.0944. The van der Waals surface area contributed by atoms with Crippen LogP contribution in [0.2, 0.25) is 0 Å². The number of carbonyl (C=O) groups excluding carboxylic acids is 1. The summed E-state index contributed by atoms with van der Waals surface area (Å²) in [7, 11) is -3.22. The summed E-state index contributed by atoms with van der Waals surface area (Å²) in [6.45, 7) is 3.74. The van der Waals surface area contributed by atoms with Crippen LogP contribution in [0.5, 0.6) is 0 Å². The second-order valence-corrected chi connectivity index (χ2v) is 6.12. The minimum absolute atomic E-state index is 0.209. The van der Waals surface area contributed by atoms with E-state index in [1.54, 1.807) is 0 Å². The molecule has 1 aromatic carbocycles. The summed E-state index contributed by atoms with van der Waals surface area (Å²) in [5.74, 6) is -0.212. The SMILES string of the molecule is CCOCCCNC(=O)c1ccc(S(C)(=O)=O)cc1. The predicted octanol–water partition coefficient (Wildman–Crippen LogP) is 1.25. The van der Waals surface area contributed by atoms with Gasteiger partial charge in [0.1, 0.15) is 0 Å². The Hall–Kier alpha value is -1.40. The summed E-state index contributed by atoms with van der Waals surface area (Å²) in [5.41, 5.74) is 0.448. The lowest BCUT2D eigenvalue weighted by Gasteiger charge is -2.06. The zero-order valence-corrected chi connectivity index (χ0v) is 12.0. The molecule has 0 saturated carbocycles. The van der Waals surface area contributed by atoms with Crippen molar-refractivity contribution in [1.82, 2.24) is 5.32 Å². The van der Waals surface area contributed by atoms with E-state index in [1.807, 2.05) is 6.92 Å². The Bertz CT molecular complexity index is 508. The van der Waals surface area contributed by atoms with Crippen LogP contribution in [0.25, 0.3) is 0 Å². The first-order chi connectivity index (χ1) is 8.95. The Kier molecular flexibility index (Phi) is 5.98. The predicted molar refractivity (Wildman–Crippen MR) is 73.0 cm³/mol. The fourth-order valence-electron chi connectivity index (χ4n) is 1.48. The Balaban J connectivity index is 2.50. The van der Waals surface area contributed by atoms with Crippen LogP contribution in [0.15, 0.2) is 29.2 Å². The molecular weight excluding hydrogens is 266 g/mol. The maximum atomic E-state index is 11.7. The monoisotopic (exact) mass is 285 g/mol. The Morgan fingerprint density at radius 2 is 1.89 bits per heavy atom. The zero-order chi connectivity index (χ0) is 14.3. The van der Waals surface area contributed by atoms with Gasteiger partial charge in [0.25, 0.3) is 5.91 Å². The number of benzene rings is 1. The van der Waals surface area contributed by atoms with Crippen LogP contribution in [0.3, 0.4) is 0 Å². The fraction of sp³-hybridized carbons (Fsp3) is 0.462. The quantitative estimate of drug-likeness (QED) is 0.765. The van der Waals surface area contributed by atoms with Gasteiger partial charge in [0, 0.05) is 31.6 Å². The van der Waals surface area contributed by atoms with Gasteiger partial charge in [0.05, 0.1) is 4.90 Å². The van der Waals surface area contributed by atoms with Crippen molar-refractivity contribution in [3.63, 3.8) is 0 Å².